The smallest absolute Gasteiger partial charge is 0.338 e. The predicted molar refractivity (Wildman–Crippen MR) is 111 cm³/mol. The van der Waals surface area contributed by atoms with Gasteiger partial charge in [-0.3, -0.25) is 9.59 Å². The van der Waals surface area contributed by atoms with Crippen molar-refractivity contribution in [3.05, 3.63) is 63.7 Å². The van der Waals surface area contributed by atoms with Crippen molar-refractivity contribution in [3.8, 4) is 5.75 Å². The van der Waals surface area contributed by atoms with Gasteiger partial charge >= 0.3 is 5.97 Å². The number of carbonyl (C=O) groups excluding carboxylic acids is 3. The number of rotatable bonds is 2. The molecule has 0 aliphatic carbocycles. The Morgan fingerprint density at radius 3 is 2.47 bits per heavy atom. The van der Waals surface area contributed by atoms with E-state index in [0.717, 1.165) is 5.56 Å². The quantitative estimate of drug-likeness (QED) is 0.675. The van der Waals surface area contributed by atoms with E-state index < -0.39 is 11.6 Å². The fraction of sp³-hybridized carbons (Fsp3) is 0.348. The molecule has 2 aliphatic heterocycles. The molecule has 1 amide bonds. The van der Waals surface area contributed by atoms with Gasteiger partial charge in [-0.05, 0) is 36.8 Å². The van der Waals surface area contributed by atoms with Gasteiger partial charge in [-0.15, -0.1) is 0 Å². The van der Waals surface area contributed by atoms with Gasteiger partial charge in [0.25, 0.3) is 5.91 Å². The van der Waals surface area contributed by atoms with Crippen molar-refractivity contribution in [2.45, 2.75) is 31.8 Å². The highest BCUT2D eigenvalue weighted by atomic mass is 35.5. The Hall–Kier alpha value is -2.86. The van der Waals surface area contributed by atoms with E-state index in [2.05, 4.69) is 0 Å². The lowest BCUT2D eigenvalue weighted by molar-refractivity contribution is -0.00583. The van der Waals surface area contributed by atoms with E-state index in [0.29, 0.717) is 47.8 Å². The van der Waals surface area contributed by atoms with E-state index in [1.54, 1.807) is 41.3 Å². The number of aryl methyl sites for hydroxylation is 1. The van der Waals surface area contributed by atoms with Crippen molar-refractivity contribution in [2.75, 3.05) is 20.2 Å². The molecule has 156 valence electrons. The van der Waals surface area contributed by atoms with Crippen LogP contribution in [0.5, 0.6) is 5.75 Å². The van der Waals surface area contributed by atoms with E-state index >= 15 is 0 Å². The third kappa shape index (κ3) is 3.56. The number of carbonyl (C=O) groups is 3. The van der Waals surface area contributed by atoms with Crippen LogP contribution in [0.2, 0.25) is 5.02 Å². The number of ether oxygens (including phenoxy) is 2. The zero-order valence-corrected chi connectivity index (χ0v) is 17.6. The molecule has 2 aromatic rings. The molecule has 0 atom stereocenters. The molecule has 4 rings (SSSR count). The second-order valence-corrected chi connectivity index (χ2v) is 8.22. The average Bonchev–Trinajstić information content (AvgIpc) is 2.75. The molecule has 0 radical (unpaired) electrons. The molecule has 30 heavy (non-hydrogen) atoms. The number of esters is 1. The molecular formula is C23H22ClNO5. The zero-order chi connectivity index (χ0) is 21.5. The van der Waals surface area contributed by atoms with Crippen LogP contribution in [0.15, 0.2) is 36.4 Å². The van der Waals surface area contributed by atoms with Crippen molar-refractivity contribution in [2.24, 2.45) is 0 Å². The third-order valence-electron chi connectivity index (χ3n) is 5.90. The number of hydrogen-bond donors (Lipinski definition) is 0. The maximum atomic E-state index is 13.1. The molecule has 2 heterocycles. The normalized spacial score (nSPS) is 17.3. The van der Waals surface area contributed by atoms with Crippen molar-refractivity contribution >= 4 is 29.3 Å². The average molecular weight is 428 g/mol. The molecule has 0 bridgehead atoms. The number of hydrogen-bond acceptors (Lipinski definition) is 5. The Kier molecular flexibility index (Phi) is 5.28. The lowest BCUT2D eigenvalue weighted by Crippen LogP contribution is -2.52. The molecule has 6 nitrogen and oxygen atoms in total. The Morgan fingerprint density at radius 2 is 1.80 bits per heavy atom. The van der Waals surface area contributed by atoms with Gasteiger partial charge in [-0.1, -0.05) is 23.7 Å². The molecule has 0 unspecified atom stereocenters. The number of amides is 1. The summed E-state index contributed by atoms with van der Waals surface area (Å²) in [5.41, 5.74) is 1.31. The van der Waals surface area contributed by atoms with E-state index in [1.807, 2.05) is 6.92 Å². The lowest BCUT2D eigenvalue weighted by Gasteiger charge is -2.44. The van der Waals surface area contributed by atoms with Gasteiger partial charge in [0, 0.05) is 31.0 Å². The minimum atomic E-state index is -0.622. The fourth-order valence-corrected chi connectivity index (χ4v) is 4.30. The number of fused-ring (bicyclic) bond motifs is 1. The number of piperidine rings is 1. The number of ketones is 1. The minimum Gasteiger partial charge on any atom is -0.486 e. The van der Waals surface area contributed by atoms with Crippen LogP contribution in [0, 0.1) is 6.92 Å². The Bertz CT molecular complexity index is 1040. The molecule has 1 spiro atoms. The summed E-state index contributed by atoms with van der Waals surface area (Å²) in [4.78, 5) is 39.5. The van der Waals surface area contributed by atoms with E-state index in [-0.39, 0.29) is 23.7 Å². The molecule has 2 aliphatic rings. The van der Waals surface area contributed by atoms with Crippen LogP contribution >= 0.6 is 11.6 Å². The maximum absolute atomic E-state index is 13.1. The van der Waals surface area contributed by atoms with Crippen LogP contribution in [0.4, 0.5) is 0 Å². The van der Waals surface area contributed by atoms with Gasteiger partial charge in [0.1, 0.15) is 11.4 Å². The lowest BCUT2D eigenvalue weighted by atomic mass is 9.82. The maximum Gasteiger partial charge on any atom is 0.338 e. The molecule has 0 aromatic heterocycles. The van der Waals surface area contributed by atoms with Crippen LogP contribution in [-0.2, 0) is 4.74 Å². The summed E-state index contributed by atoms with van der Waals surface area (Å²) in [6, 6.07) is 10.1. The molecule has 1 fully saturated rings. The third-order valence-corrected chi connectivity index (χ3v) is 6.30. The largest absolute Gasteiger partial charge is 0.486 e. The van der Waals surface area contributed by atoms with Crippen molar-refractivity contribution in [1.82, 2.24) is 4.90 Å². The number of nitrogens with zero attached hydrogens (tertiary/aromatic N) is 1. The minimum absolute atomic E-state index is 0.00830. The number of Topliss-reactive ketones (excluding diaryl/α,β-unsaturated/α-hetero) is 1. The zero-order valence-electron chi connectivity index (χ0n) is 16.9. The van der Waals surface area contributed by atoms with Gasteiger partial charge in [0.15, 0.2) is 5.78 Å². The summed E-state index contributed by atoms with van der Waals surface area (Å²) in [6.45, 7) is 2.74. The highest BCUT2D eigenvalue weighted by molar-refractivity contribution is 6.31. The Morgan fingerprint density at radius 1 is 1.13 bits per heavy atom. The van der Waals surface area contributed by atoms with Crippen LogP contribution in [-0.4, -0.2) is 48.4 Å². The predicted octanol–water partition coefficient (Wildman–Crippen LogP) is 4.08. The number of likely N-dealkylation sites (tertiary alicyclic amines) is 1. The van der Waals surface area contributed by atoms with E-state index in [4.69, 9.17) is 21.1 Å². The van der Waals surface area contributed by atoms with Crippen LogP contribution in [0.3, 0.4) is 0 Å². The summed E-state index contributed by atoms with van der Waals surface area (Å²) < 4.78 is 11.1. The summed E-state index contributed by atoms with van der Waals surface area (Å²) in [6.07, 6.45) is 1.33. The first-order valence-corrected chi connectivity index (χ1v) is 10.2. The molecule has 2 aromatic carbocycles. The Labute approximate surface area is 179 Å². The van der Waals surface area contributed by atoms with Gasteiger partial charge in [-0.25, -0.2) is 4.79 Å². The molecule has 0 saturated carbocycles. The summed E-state index contributed by atoms with van der Waals surface area (Å²) in [5.74, 6) is -0.201. The highest BCUT2D eigenvalue weighted by Crippen LogP contribution is 2.41. The first-order chi connectivity index (χ1) is 14.3. The van der Waals surface area contributed by atoms with Gasteiger partial charge in [0.05, 0.1) is 30.2 Å². The second-order valence-electron chi connectivity index (χ2n) is 7.81. The van der Waals surface area contributed by atoms with Crippen LogP contribution in [0.25, 0.3) is 0 Å². The number of benzene rings is 2. The van der Waals surface area contributed by atoms with E-state index in [1.165, 1.54) is 7.11 Å². The van der Waals surface area contributed by atoms with Crippen LogP contribution in [0.1, 0.15) is 55.9 Å². The molecular weight excluding hydrogens is 406 g/mol. The summed E-state index contributed by atoms with van der Waals surface area (Å²) in [5, 5.41) is 0.548. The first kappa shape index (κ1) is 20.4. The van der Waals surface area contributed by atoms with Crippen molar-refractivity contribution in [3.63, 3.8) is 0 Å². The molecule has 1 saturated heterocycles. The van der Waals surface area contributed by atoms with Crippen LogP contribution < -0.4 is 4.74 Å². The second kappa shape index (κ2) is 7.76. The van der Waals surface area contributed by atoms with E-state index in [9.17, 15) is 14.4 Å². The van der Waals surface area contributed by atoms with Crippen molar-refractivity contribution < 1.29 is 23.9 Å². The fourth-order valence-electron chi connectivity index (χ4n) is 4.14. The van der Waals surface area contributed by atoms with Gasteiger partial charge in [0.2, 0.25) is 0 Å². The molecule has 0 N–H and O–H groups in total. The SMILES string of the molecule is COC(=O)c1ccccc1C(=O)N1CCC2(CC1)CC(=O)c1cc(Cl)c(C)cc1O2. The highest BCUT2D eigenvalue weighted by Gasteiger charge is 2.44. The van der Waals surface area contributed by atoms with Gasteiger partial charge < -0.3 is 14.4 Å². The first-order valence-electron chi connectivity index (χ1n) is 9.82. The van der Waals surface area contributed by atoms with Crippen molar-refractivity contribution in [1.29, 1.82) is 0 Å². The number of halogens is 1. The topological polar surface area (TPSA) is 72.9 Å². The summed E-state index contributed by atoms with van der Waals surface area (Å²) >= 11 is 6.16. The van der Waals surface area contributed by atoms with Gasteiger partial charge in [-0.2, -0.15) is 0 Å². The summed E-state index contributed by atoms with van der Waals surface area (Å²) in [7, 11) is 1.29. The Balaban J connectivity index is 1.52. The number of methoxy groups -OCH3 is 1. The monoisotopic (exact) mass is 427 g/mol. The standard InChI is InChI=1S/C23H22ClNO5/c1-14-11-20-17(12-18(14)24)19(26)13-23(30-20)7-9-25(10-8-23)21(27)15-5-3-4-6-16(15)22(28)29-2/h3-6,11-12H,7-10,13H2,1-2H3. The molecule has 7 heteroatoms.